The Hall–Kier alpha value is -2.82. The summed E-state index contributed by atoms with van der Waals surface area (Å²) >= 11 is 0. The number of aromatic hydroxyl groups is 3. The summed E-state index contributed by atoms with van der Waals surface area (Å²) in [6.07, 6.45) is 1.49. The zero-order valence-corrected chi connectivity index (χ0v) is 11.9. The summed E-state index contributed by atoms with van der Waals surface area (Å²) in [7, 11) is 0. The third kappa shape index (κ3) is 1.94. The molecular weight excluding hydrogens is 284 g/mol. The van der Waals surface area contributed by atoms with Crippen molar-refractivity contribution in [3.8, 4) is 17.2 Å². The third-order valence-electron chi connectivity index (χ3n) is 3.76. The monoisotopic (exact) mass is 298 g/mol. The number of ketones is 2. The van der Waals surface area contributed by atoms with Gasteiger partial charge in [-0.2, -0.15) is 0 Å². The lowest BCUT2D eigenvalue weighted by Gasteiger charge is -2.20. The van der Waals surface area contributed by atoms with Gasteiger partial charge in [-0.25, -0.2) is 0 Å². The molecule has 0 atom stereocenters. The molecule has 0 spiro atoms. The molecule has 5 nitrogen and oxygen atoms in total. The average Bonchev–Trinajstić information content (AvgIpc) is 2.44. The lowest BCUT2D eigenvalue weighted by Crippen LogP contribution is -2.21. The first kappa shape index (κ1) is 14.1. The van der Waals surface area contributed by atoms with Crippen molar-refractivity contribution < 1.29 is 24.9 Å². The Kier molecular flexibility index (Phi) is 3.13. The SMILES string of the molecule is CCCc1cc(O)c2c(c1)C(=O)c1c(O)cc(O)cc1C2=O. The van der Waals surface area contributed by atoms with Gasteiger partial charge in [0.1, 0.15) is 17.2 Å². The molecule has 0 saturated carbocycles. The minimum atomic E-state index is -0.587. The second-order valence-corrected chi connectivity index (χ2v) is 5.33. The summed E-state index contributed by atoms with van der Waals surface area (Å²) in [6.45, 7) is 1.97. The van der Waals surface area contributed by atoms with Crippen LogP contribution < -0.4 is 0 Å². The van der Waals surface area contributed by atoms with Gasteiger partial charge in [0.25, 0.3) is 0 Å². The summed E-state index contributed by atoms with van der Waals surface area (Å²) in [6, 6.07) is 5.19. The van der Waals surface area contributed by atoms with Crippen LogP contribution in [0.1, 0.15) is 50.8 Å². The van der Waals surface area contributed by atoms with Crippen LogP contribution >= 0.6 is 0 Å². The molecule has 0 aromatic heterocycles. The van der Waals surface area contributed by atoms with Gasteiger partial charge in [0.15, 0.2) is 11.6 Å². The molecule has 0 bridgehead atoms. The Morgan fingerprint density at radius 2 is 1.36 bits per heavy atom. The van der Waals surface area contributed by atoms with Crippen LogP contribution in [-0.2, 0) is 6.42 Å². The number of rotatable bonds is 2. The second kappa shape index (κ2) is 4.87. The van der Waals surface area contributed by atoms with Crippen molar-refractivity contribution in [2.75, 3.05) is 0 Å². The number of phenolic OH excluding ortho intramolecular Hbond substituents is 3. The largest absolute Gasteiger partial charge is 0.508 e. The fourth-order valence-electron chi connectivity index (χ4n) is 2.83. The van der Waals surface area contributed by atoms with Gasteiger partial charge in [-0.15, -0.1) is 0 Å². The van der Waals surface area contributed by atoms with E-state index in [0.29, 0.717) is 6.42 Å². The van der Waals surface area contributed by atoms with Crippen molar-refractivity contribution in [3.05, 3.63) is 52.1 Å². The molecule has 0 amide bonds. The molecule has 0 aliphatic heterocycles. The Morgan fingerprint density at radius 1 is 0.818 bits per heavy atom. The van der Waals surface area contributed by atoms with E-state index < -0.39 is 17.3 Å². The maximum absolute atomic E-state index is 12.6. The van der Waals surface area contributed by atoms with Gasteiger partial charge >= 0.3 is 0 Å². The molecule has 0 heterocycles. The Morgan fingerprint density at radius 3 is 1.95 bits per heavy atom. The lowest BCUT2D eigenvalue weighted by molar-refractivity contribution is 0.0974. The lowest BCUT2D eigenvalue weighted by atomic mass is 9.82. The van der Waals surface area contributed by atoms with Crippen molar-refractivity contribution in [1.82, 2.24) is 0 Å². The van der Waals surface area contributed by atoms with Crippen LogP contribution in [0.15, 0.2) is 24.3 Å². The number of fused-ring (bicyclic) bond motifs is 2. The summed E-state index contributed by atoms with van der Waals surface area (Å²) in [4.78, 5) is 25.1. The highest BCUT2D eigenvalue weighted by atomic mass is 16.3. The number of aryl methyl sites for hydroxylation is 1. The minimum Gasteiger partial charge on any atom is -0.508 e. The van der Waals surface area contributed by atoms with Crippen molar-refractivity contribution in [2.24, 2.45) is 0 Å². The number of carbonyl (C=O) groups excluding carboxylic acids is 2. The van der Waals surface area contributed by atoms with Crippen molar-refractivity contribution in [3.63, 3.8) is 0 Å². The highest BCUT2D eigenvalue weighted by Crippen LogP contribution is 2.39. The number of carbonyl (C=O) groups is 2. The molecule has 5 heteroatoms. The molecule has 0 unspecified atom stereocenters. The number of hydrogen-bond acceptors (Lipinski definition) is 5. The highest BCUT2D eigenvalue weighted by Gasteiger charge is 2.35. The zero-order chi connectivity index (χ0) is 16.0. The molecule has 3 N–H and O–H groups in total. The molecule has 0 radical (unpaired) electrons. The summed E-state index contributed by atoms with van der Waals surface area (Å²) in [5.74, 6) is -2.14. The van der Waals surface area contributed by atoms with E-state index in [-0.39, 0.29) is 33.8 Å². The zero-order valence-electron chi connectivity index (χ0n) is 11.9. The van der Waals surface area contributed by atoms with Crippen molar-refractivity contribution >= 4 is 11.6 Å². The normalized spacial score (nSPS) is 13.0. The van der Waals surface area contributed by atoms with Crippen molar-refractivity contribution in [2.45, 2.75) is 19.8 Å². The number of phenols is 3. The maximum atomic E-state index is 12.6. The van der Waals surface area contributed by atoms with Gasteiger partial charge in [0, 0.05) is 17.2 Å². The van der Waals surface area contributed by atoms with Gasteiger partial charge < -0.3 is 15.3 Å². The summed E-state index contributed by atoms with van der Waals surface area (Å²) < 4.78 is 0. The molecule has 0 saturated heterocycles. The van der Waals surface area contributed by atoms with Crippen LogP contribution in [0.2, 0.25) is 0 Å². The minimum absolute atomic E-state index is 0.0812. The maximum Gasteiger partial charge on any atom is 0.198 e. The van der Waals surface area contributed by atoms with Gasteiger partial charge in [-0.1, -0.05) is 13.3 Å². The van der Waals surface area contributed by atoms with E-state index in [1.54, 1.807) is 6.07 Å². The van der Waals surface area contributed by atoms with Gasteiger partial charge in [-0.3, -0.25) is 9.59 Å². The van der Waals surface area contributed by atoms with Crippen LogP contribution in [-0.4, -0.2) is 26.9 Å². The average molecular weight is 298 g/mol. The molecule has 3 rings (SSSR count). The van der Waals surface area contributed by atoms with E-state index in [4.69, 9.17) is 0 Å². The van der Waals surface area contributed by atoms with Gasteiger partial charge in [0.2, 0.25) is 0 Å². The second-order valence-electron chi connectivity index (χ2n) is 5.33. The molecule has 2 aromatic rings. The highest BCUT2D eigenvalue weighted by molar-refractivity contribution is 6.30. The van der Waals surface area contributed by atoms with Crippen LogP contribution in [0.3, 0.4) is 0 Å². The Bertz CT molecular complexity index is 820. The van der Waals surface area contributed by atoms with E-state index in [2.05, 4.69) is 0 Å². The molecule has 1 aliphatic carbocycles. The number of hydrogen-bond donors (Lipinski definition) is 3. The molecule has 22 heavy (non-hydrogen) atoms. The smallest absolute Gasteiger partial charge is 0.198 e. The van der Waals surface area contributed by atoms with Crippen LogP contribution in [0.5, 0.6) is 17.2 Å². The van der Waals surface area contributed by atoms with E-state index in [0.717, 1.165) is 24.1 Å². The van der Waals surface area contributed by atoms with Crippen LogP contribution in [0.4, 0.5) is 0 Å². The van der Waals surface area contributed by atoms with Crippen LogP contribution in [0.25, 0.3) is 0 Å². The van der Waals surface area contributed by atoms with E-state index in [9.17, 15) is 24.9 Å². The number of benzene rings is 2. The Balaban J connectivity index is 2.29. The quantitative estimate of drug-likeness (QED) is 0.675. The molecule has 1 aliphatic rings. The first-order valence-corrected chi connectivity index (χ1v) is 6.95. The first-order valence-electron chi connectivity index (χ1n) is 6.95. The molecule has 0 fully saturated rings. The fraction of sp³-hybridized carbons (Fsp3) is 0.176. The molecule has 2 aromatic carbocycles. The van der Waals surface area contributed by atoms with Gasteiger partial charge in [0.05, 0.1) is 11.1 Å². The predicted octanol–water partition coefficient (Wildman–Crippen LogP) is 2.53. The van der Waals surface area contributed by atoms with Gasteiger partial charge in [-0.05, 0) is 30.2 Å². The summed E-state index contributed by atoms with van der Waals surface area (Å²) in [5, 5.41) is 29.5. The third-order valence-corrected chi connectivity index (χ3v) is 3.76. The van der Waals surface area contributed by atoms with Crippen LogP contribution in [0, 0.1) is 0 Å². The van der Waals surface area contributed by atoms with E-state index in [1.807, 2.05) is 6.92 Å². The van der Waals surface area contributed by atoms with E-state index >= 15 is 0 Å². The fourth-order valence-corrected chi connectivity index (χ4v) is 2.83. The molecule has 112 valence electrons. The first-order chi connectivity index (χ1) is 10.4. The Labute approximate surface area is 126 Å². The topological polar surface area (TPSA) is 94.8 Å². The summed E-state index contributed by atoms with van der Waals surface area (Å²) in [5.41, 5.74) is 0.516. The standard InChI is InChI=1S/C17H14O5/c1-2-3-8-4-10-14(12(19)5-8)17(22)11-6-9(18)7-13(20)15(11)16(10)21/h4-7,18-20H,2-3H2,1H3. The van der Waals surface area contributed by atoms with Crippen molar-refractivity contribution in [1.29, 1.82) is 0 Å². The van der Waals surface area contributed by atoms with E-state index in [1.165, 1.54) is 6.07 Å². The predicted molar refractivity (Wildman–Crippen MR) is 78.7 cm³/mol. The molecular formula is C17H14O5.